The van der Waals surface area contributed by atoms with Crippen molar-refractivity contribution in [2.24, 2.45) is 0 Å². The Balaban J connectivity index is 2.96. The quantitative estimate of drug-likeness (QED) is 0.716. The lowest BCUT2D eigenvalue weighted by Gasteiger charge is -2.13. The van der Waals surface area contributed by atoms with Crippen LogP contribution in [-0.4, -0.2) is 20.3 Å². The van der Waals surface area contributed by atoms with Crippen LogP contribution < -0.4 is 9.47 Å². The van der Waals surface area contributed by atoms with Gasteiger partial charge in [-0.2, -0.15) is 0 Å². The van der Waals surface area contributed by atoms with E-state index in [1.807, 2.05) is 38.1 Å². The second kappa shape index (κ2) is 6.05. The molecule has 16 heavy (non-hydrogen) atoms. The predicted molar refractivity (Wildman–Crippen MR) is 64.8 cm³/mol. The summed E-state index contributed by atoms with van der Waals surface area (Å²) in [5.41, 5.74) is 1.01. The fourth-order valence-electron chi connectivity index (χ4n) is 1.29. The minimum absolute atomic E-state index is 0.121. The van der Waals surface area contributed by atoms with Crippen molar-refractivity contribution in [1.82, 2.24) is 0 Å². The van der Waals surface area contributed by atoms with Crippen LogP contribution in [0.15, 0.2) is 24.5 Å². The van der Waals surface area contributed by atoms with Crippen LogP contribution in [0.3, 0.4) is 0 Å². The zero-order valence-electron chi connectivity index (χ0n) is 10.2. The molecule has 0 bridgehead atoms. The topological polar surface area (TPSA) is 27.7 Å². The van der Waals surface area contributed by atoms with Gasteiger partial charge in [-0.1, -0.05) is 6.07 Å². The van der Waals surface area contributed by atoms with Crippen LogP contribution in [0.2, 0.25) is 0 Å². The Labute approximate surface area is 96.6 Å². The van der Waals surface area contributed by atoms with Crippen molar-refractivity contribution in [3.05, 3.63) is 30.0 Å². The monoisotopic (exact) mass is 222 g/mol. The van der Waals surface area contributed by atoms with E-state index in [0.29, 0.717) is 0 Å². The van der Waals surface area contributed by atoms with E-state index in [4.69, 9.17) is 14.2 Å². The van der Waals surface area contributed by atoms with E-state index in [-0.39, 0.29) is 6.10 Å². The SMILES string of the molecule is CO/C=C/c1ccc(OC)c(OC(C)C)c1. The molecular weight excluding hydrogens is 204 g/mol. The summed E-state index contributed by atoms with van der Waals surface area (Å²) < 4.78 is 15.8. The van der Waals surface area contributed by atoms with E-state index in [1.54, 1.807) is 20.5 Å². The molecule has 0 aromatic heterocycles. The van der Waals surface area contributed by atoms with Crippen molar-refractivity contribution < 1.29 is 14.2 Å². The number of ether oxygens (including phenoxy) is 3. The van der Waals surface area contributed by atoms with Crippen LogP contribution in [0.4, 0.5) is 0 Å². The summed E-state index contributed by atoms with van der Waals surface area (Å²) in [5, 5.41) is 0. The molecule has 1 rings (SSSR count). The van der Waals surface area contributed by atoms with Crippen LogP contribution in [-0.2, 0) is 4.74 Å². The van der Waals surface area contributed by atoms with E-state index < -0.39 is 0 Å². The van der Waals surface area contributed by atoms with Gasteiger partial charge in [-0.3, -0.25) is 0 Å². The van der Waals surface area contributed by atoms with Crippen LogP contribution >= 0.6 is 0 Å². The Kier molecular flexibility index (Phi) is 4.70. The van der Waals surface area contributed by atoms with Crippen molar-refractivity contribution in [1.29, 1.82) is 0 Å². The fraction of sp³-hybridized carbons (Fsp3) is 0.385. The molecule has 0 heterocycles. The Bertz CT molecular complexity index is 356. The predicted octanol–water partition coefficient (Wildman–Crippen LogP) is 3.10. The third kappa shape index (κ3) is 3.50. The van der Waals surface area contributed by atoms with Gasteiger partial charge >= 0.3 is 0 Å². The summed E-state index contributed by atoms with van der Waals surface area (Å²) in [6.07, 6.45) is 3.61. The number of methoxy groups -OCH3 is 2. The first-order valence-electron chi connectivity index (χ1n) is 5.21. The highest BCUT2D eigenvalue weighted by Crippen LogP contribution is 2.29. The molecule has 1 aromatic carbocycles. The second-order valence-electron chi connectivity index (χ2n) is 3.62. The summed E-state index contributed by atoms with van der Waals surface area (Å²) >= 11 is 0. The highest BCUT2D eigenvalue weighted by Gasteiger charge is 2.06. The van der Waals surface area contributed by atoms with Crippen LogP contribution in [0, 0.1) is 0 Å². The van der Waals surface area contributed by atoms with Crippen molar-refractivity contribution in [3.63, 3.8) is 0 Å². The largest absolute Gasteiger partial charge is 0.504 e. The summed E-state index contributed by atoms with van der Waals surface area (Å²) in [7, 11) is 3.25. The third-order valence-corrected chi connectivity index (χ3v) is 1.95. The van der Waals surface area contributed by atoms with Crippen LogP contribution in [0.1, 0.15) is 19.4 Å². The average molecular weight is 222 g/mol. The van der Waals surface area contributed by atoms with Gasteiger partial charge in [0.15, 0.2) is 11.5 Å². The highest BCUT2D eigenvalue weighted by atomic mass is 16.5. The molecule has 0 aliphatic carbocycles. The summed E-state index contributed by atoms with van der Waals surface area (Å²) in [6, 6.07) is 5.75. The number of hydrogen-bond acceptors (Lipinski definition) is 3. The maximum Gasteiger partial charge on any atom is 0.162 e. The lowest BCUT2D eigenvalue weighted by atomic mass is 10.2. The molecule has 0 N–H and O–H groups in total. The molecule has 3 heteroatoms. The lowest BCUT2D eigenvalue weighted by molar-refractivity contribution is 0.230. The second-order valence-corrected chi connectivity index (χ2v) is 3.62. The molecule has 0 aliphatic rings. The lowest BCUT2D eigenvalue weighted by Crippen LogP contribution is -2.06. The average Bonchev–Trinajstić information content (AvgIpc) is 2.26. The highest BCUT2D eigenvalue weighted by molar-refractivity contribution is 5.55. The zero-order valence-corrected chi connectivity index (χ0v) is 10.2. The number of benzene rings is 1. The molecule has 3 nitrogen and oxygen atoms in total. The van der Waals surface area contributed by atoms with Crippen molar-refractivity contribution in [3.8, 4) is 11.5 Å². The number of rotatable bonds is 5. The van der Waals surface area contributed by atoms with Gasteiger partial charge in [-0.25, -0.2) is 0 Å². The van der Waals surface area contributed by atoms with Gasteiger partial charge in [-0.15, -0.1) is 0 Å². The summed E-state index contributed by atoms with van der Waals surface area (Å²) in [4.78, 5) is 0. The zero-order chi connectivity index (χ0) is 12.0. The maximum absolute atomic E-state index is 5.66. The normalized spacial score (nSPS) is 10.8. The van der Waals surface area contributed by atoms with Gasteiger partial charge < -0.3 is 14.2 Å². The molecule has 0 atom stereocenters. The maximum atomic E-state index is 5.66. The van der Waals surface area contributed by atoms with Crippen LogP contribution in [0.25, 0.3) is 6.08 Å². The van der Waals surface area contributed by atoms with Gasteiger partial charge in [0.05, 0.1) is 26.6 Å². The van der Waals surface area contributed by atoms with Crippen molar-refractivity contribution >= 4 is 6.08 Å². The third-order valence-electron chi connectivity index (χ3n) is 1.95. The van der Waals surface area contributed by atoms with Gasteiger partial charge in [0, 0.05) is 0 Å². The molecule has 0 fully saturated rings. The Morgan fingerprint density at radius 1 is 1.12 bits per heavy atom. The van der Waals surface area contributed by atoms with Gasteiger partial charge in [0.2, 0.25) is 0 Å². The van der Waals surface area contributed by atoms with E-state index in [1.165, 1.54) is 0 Å². The molecular formula is C13H18O3. The fourth-order valence-corrected chi connectivity index (χ4v) is 1.29. The Morgan fingerprint density at radius 3 is 2.44 bits per heavy atom. The summed E-state index contributed by atoms with van der Waals surface area (Å²) in [6.45, 7) is 3.97. The molecule has 0 amide bonds. The molecule has 1 aromatic rings. The van der Waals surface area contributed by atoms with E-state index in [2.05, 4.69) is 0 Å². The van der Waals surface area contributed by atoms with Crippen LogP contribution in [0.5, 0.6) is 11.5 Å². The molecule has 88 valence electrons. The standard InChI is InChI=1S/C13H18O3/c1-10(2)16-13-9-11(7-8-14-3)5-6-12(13)15-4/h5-10H,1-4H3/b8-7+. The molecule has 0 spiro atoms. The first-order valence-corrected chi connectivity index (χ1v) is 5.21. The summed E-state index contributed by atoms with van der Waals surface area (Å²) in [5.74, 6) is 1.49. The minimum Gasteiger partial charge on any atom is -0.504 e. The first kappa shape index (κ1) is 12.4. The van der Waals surface area contributed by atoms with Crippen molar-refractivity contribution in [2.45, 2.75) is 20.0 Å². The molecule has 0 saturated carbocycles. The smallest absolute Gasteiger partial charge is 0.162 e. The van der Waals surface area contributed by atoms with E-state index in [0.717, 1.165) is 17.1 Å². The van der Waals surface area contributed by atoms with Gasteiger partial charge in [0.1, 0.15) is 0 Å². The van der Waals surface area contributed by atoms with Crippen molar-refractivity contribution in [2.75, 3.05) is 14.2 Å². The minimum atomic E-state index is 0.121. The number of hydrogen-bond donors (Lipinski definition) is 0. The Hall–Kier alpha value is -1.64. The molecule has 0 aliphatic heterocycles. The molecule has 0 radical (unpaired) electrons. The van der Waals surface area contributed by atoms with E-state index in [9.17, 15) is 0 Å². The first-order chi connectivity index (χ1) is 7.67. The Morgan fingerprint density at radius 2 is 1.88 bits per heavy atom. The van der Waals surface area contributed by atoms with Gasteiger partial charge in [-0.05, 0) is 37.6 Å². The van der Waals surface area contributed by atoms with E-state index >= 15 is 0 Å². The molecule has 0 unspecified atom stereocenters. The van der Waals surface area contributed by atoms with Gasteiger partial charge in [0.25, 0.3) is 0 Å². The molecule has 0 saturated heterocycles.